The molecule has 1 aromatic carbocycles. The number of fused-ring (bicyclic) bond motifs is 1. The Hall–Kier alpha value is -1.31. The van der Waals surface area contributed by atoms with Crippen LogP contribution in [0.1, 0.15) is 37.9 Å². The maximum absolute atomic E-state index is 4.67. The van der Waals surface area contributed by atoms with Crippen LogP contribution in [-0.2, 0) is 6.54 Å². The Balaban J connectivity index is 0.000000514. The number of hydrogen-bond acceptors (Lipinski definition) is 1. The first-order chi connectivity index (χ1) is 8.24. The molecule has 0 bridgehead atoms. The summed E-state index contributed by atoms with van der Waals surface area (Å²) < 4.78 is 2.18. The Morgan fingerprint density at radius 1 is 1.24 bits per heavy atom. The fourth-order valence-corrected chi connectivity index (χ4v) is 2.10. The van der Waals surface area contributed by atoms with Crippen LogP contribution in [0.4, 0.5) is 0 Å². The number of hydrogen-bond donors (Lipinski definition) is 0. The summed E-state index contributed by atoms with van der Waals surface area (Å²) in [7, 11) is 0. The summed E-state index contributed by atoms with van der Waals surface area (Å²) in [5.41, 5.74) is 3.75. The average molecular weight is 230 g/mol. The molecule has 0 aliphatic heterocycles. The molecule has 2 aromatic rings. The van der Waals surface area contributed by atoms with Crippen LogP contribution in [0.25, 0.3) is 10.9 Å². The van der Waals surface area contributed by atoms with Crippen molar-refractivity contribution in [3.63, 3.8) is 0 Å². The van der Waals surface area contributed by atoms with Crippen molar-refractivity contribution < 1.29 is 0 Å². The van der Waals surface area contributed by atoms with Gasteiger partial charge in [0.15, 0.2) is 0 Å². The Morgan fingerprint density at radius 3 is 2.59 bits per heavy atom. The van der Waals surface area contributed by atoms with Gasteiger partial charge in [-0.3, -0.25) is 4.68 Å². The highest BCUT2D eigenvalue weighted by Crippen LogP contribution is 2.31. The van der Waals surface area contributed by atoms with Gasteiger partial charge in [-0.05, 0) is 44.2 Å². The summed E-state index contributed by atoms with van der Waals surface area (Å²) in [6, 6.07) is 6.53. The molecule has 2 nitrogen and oxygen atoms in total. The fourth-order valence-electron chi connectivity index (χ4n) is 2.10. The molecule has 1 aliphatic rings. The van der Waals surface area contributed by atoms with E-state index in [0.29, 0.717) is 0 Å². The molecule has 1 aliphatic carbocycles. The predicted molar refractivity (Wildman–Crippen MR) is 73.3 cm³/mol. The second-order valence-electron chi connectivity index (χ2n) is 4.73. The maximum atomic E-state index is 4.67. The molecule has 1 fully saturated rings. The Bertz CT molecular complexity index is 507. The van der Waals surface area contributed by atoms with Gasteiger partial charge in [0.1, 0.15) is 0 Å². The van der Waals surface area contributed by atoms with Crippen molar-refractivity contribution >= 4 is 10.9 Å². The minimum Gasteiger partial charge on any atom is -0.268 e. The van der Waals surface area contributed by atoms with Gasteiger partial charge < -0.3 is 0 Å². The predicted octanol–water partition coefficient (Wildman–Crippen LogP) is 4.09. The molecule has 0 unspecified atom stereocenters. The SMILES string of the molecule is CC.Cc1ccc2c(C)n(CC3CC3)nc2c1. The Kier molecular flexibility index (Phi) is 3.51. The quantitative estimate of drug-likeness (QED) is 0.759. The van der Waals surface area contributed by atoms with Gasteiger partial charge in [-0.1, -0.05) is 26.0 Å². The van der Waals surface area contributed by atoms with E-state index < -0.39 is 0 Å². The monoisotopic (exact) mass is 230 g/mol. The van der Waals surface area contributed by atoms with Crippen molar-refractivity contribution in [1.82, 2.24) is 9.78 Å². The number of nitrogens with zero attached hydrogens (tertiary/aromatic N) is 2. The van der Waals surface area contributed by atoms with E-state index in [2.05, 4.69) is 41.8 Å². The van der Waals surface area contributed by atoms with Gasteiger partial charge in [0, 0.05) is 17.6 Å². The van der Waals surface area contributed by atoms with Crippen molar-refractivity contribution in [2.75, 3.05) is 0 Å². The summed E-state index contributed by atoms with van der Waals surface area (Å²) >= 11 is 0. The lowest BCUT2D eigenvalue weighted by Crippen LogP contribution is -2.03. The zero-order valence-corrected chi connectivity index (χ0v) is 11.3. The largest absolute Gasteiger partial charge is 0.268 e. The van der Waals surface area contributed by atoms with Gasteiger partial charge in [-0.2, -0.15) is 5.10 Å². The van der Waals surface area contributed by atoms with E-state index >= 15 is 0 Å². The zero-order chi connectivity index (χ0) is 12.4. The number of benzene rings is 1. The molecule has 0 N–H and O–H groups in total. The summed E-state index contributed by atoms with van der Waals surface area (Å²) in [6.07, 6.45) is 2.77. The van der Waals surface area contributed by atoms with Gasteiger partial charge in [0.25, 0.3) is 0 Å². The van der Waals surface area contributed by atoms with Gasteiger partial charge in [0.2, 0.25) is 0 Å². The highest BCUT2D eigenvalue weighted by molar-refractivity contribution is 5.81. The van der Waals surface area contributed by atoms with Crippen molar-refractivity contribution in [2.24, 2.45) is 5.92 Å². The third kappa shape index (κ3) is 2.51. The van der Waals surface area contributed by atoms with Crippen LogP contribution >= 0.6 is 0 Å². The average Bonchev–Trinajstić information content (AvgIpc) is 3.09. The summed E-state index contributed by atoms with van der Waals surface area (Å²) in [6.45, 7) is 9.40. The highest BCUT2D eigenvalue weighted by Gasteiger charge is 2.23. The fraction of sp³-hybridized carbons (Fsp3) is 0.533. The van der Waals surface area contributed by atoms with Crippen LogP contribution in [0.15, 0.2) is 18.2 Å². The summed E-state index contributed by atoms with van der Waals surface area (Å²) in [5, 5.41) is 5.98. The number of aryl methyl sites for hydroxylation is 2. The first-order valence-electron chi connectivity index (χ1n) is 6.68. The van der Waals surface area contributed by atoms with Crippen LogP contribution < -0.4 is 0 Å². The van der Waals surface area contributed by atoms with Crippen LogP contribution in [-0.4, -0.2) is 9.78 Å². The molecule has 0 amide bonds. The molecular weight excluding hydrogens is 208 g/mol. The van der Waals surface area contributed by atoms with E-state index in [4.69, 9.17) is 0 Å². The smallest absolute Gasteiger partial charge is 0.0928 e. The van der Waals surface area contributed by atoms with E-state index in [1.165, 1.54) is 29.5 Å². The van der Waals surface area contributed by atoms with E-state index in [9.17, 15) is 0 Å². The summed E-state index contributed by atoms with van der Waals surface area (Å²) in [4.78, 5) is 0. The lowest BCUT2D eigenvalue weighted by Gasteiger charge is -2.00. The van der Waals surface area contributed by atoms with Crippen LogP contribution in [0, 0.1) is 19.8 Å². The van der Waals surface area contributed by atoms with E-state index in [1.54, 1.807) is 0 Å². The minimum absolute atomic E-state index is 0.888. The molecule has 17 heavy (non-hydrogen) atoms. The van der Waals surface area contributed by atoms with Gasteiger partial charge in [0.05, 0.1) is 5.52 Å². The molecule has 0 radical (unpaired) electrons. The first-order valence-corrected chi connectivity index (χ1v) is 6.68. The Morgan fingerprint density at radius 2 is 1.94 bits per heavy atom. The lowest BCUT2D eigenvalue weighted by molar-refractivity contribution is 0.555. The van der Waals surface area contributed by atoms with Crippen molar-refractivity contribution in [3.05, 3.63) is 29.5 Å². The minimum atomic E-state index is 0.888. The molecular formula is C15H22N2. The van der Waals surface area contributed by atoms with Crippen LogP contribution in [0.2, 0.25) is 0 Å². The number of rotatable bonds is 2. The zero-order valence-electron chi connectivity index (χ0n) is 11.3. The molecule has 1 heterocycles. The number of aromatic nitrogens is 2. The van der Waals surface area contributed by atoms with E-state index in [1.807, 2.05) is 13.8 Å². The lowest BCUT2D eigenvalue weighted by atomic mass is 10.1. The topological polar surface area (TPSA) is 17.8 Å². The second-order valence-corrected chi connectivity index (χ2v) is 4.73. The van der Waals surface area contributed by atoms with E-state index in [-0.39, 0.29) is 0 Å². The molecule has 1 aromatic heterocycles. The normalized spacial score (nSPS) is 14.6. The Labute approximate surface area is 104 Å². The molecule has 0 saturated heterocycles. The third-order valence-electron chi connectivity index (χ3n) is 3.29. The van der Waals surface area contributed by atoms with Crippen molar-refractivity contribution in [3.8, 4) is 0 Å². The molecule has 0 spiro atoms. The maximum Gasteiger partial charge on any atom is 0.0928 e. The molecule has 0 atom stereocenters. The standard InChI is InChI=1S/C13H16N2.C2H6/c1-9-3-6-12-10(2)15(8-11-4-5-11)14-13(12)7-9;1-2/h3,6-7,11H,4-5,8H2,1-2H3;1-2H3. The summed E-state index contributed by atoms with van der Waals surface area (Å²) in [5.74, 6) is 0.888. The second kappa shape index (κ2) is 4.91. The van der Waals surface area contributed by atoms with Crippen LogP contribution in [0.3, 0.4) is 0 Å². The molecule has 92 valence electrons. The third-order valence-corrected chi connectivity index (χ3v) is 3.29. The van der Waals surface area contributed by atoms with Gasteiger partial charge in [-0.25, -0.2) is 0 Å². The van der Waals surface area contributed by atoms with Crippen LogP contribution in [0.5, 0.6) is 0 Å². The van der Waals surface area contributed by atoms with E-state index in [0.717, 1.165) is 18.0 Å². The van der Waals surface area contributed by atoms with Crippen molar-refractivity contribution in [2.45, 2.75) is 47.1 Å². The highest BCUT2D eigenvalue weighted by atomic mass is 15.3. The van der Waals surface area contributed by atoms with Gasteiger partial charge >= 0.3 is 0 Å². The van der Waals surface area contributed by atoms with Crippen molar-refractivity contribution in [1.29, 1.82) is 0 Å². The first kappa shape index (κ1) is 12.2. The van der Waals surface area contributed by atoms with Gasteiger partial charge in [-0.15, -0.1) is 0 Å². The molecule has 3 rings (SSSR count). The molecule has 2 heteroatoms. The molecule has 1 saturated carbocycles.